The van der Waals surface area contributed by atoms with Crippen molar-refractivity contribution in [2.75, 3.05) is 12.8 Å². The first kappa shape index (κ1) is 11.6. The van der Waals surface area contributed by atoms with Crippen molar-refractivity contribution in [1.29, 1.82) is 0 Å². The third-order valence-electron chi connectivity index (χ3n) is 3.27. The second-order valence-electron chi connectivity index (χ2n) is 4.36. The normalized spacial score (nSPS) is 12.7. The summed E-state index contributed by atoms with van der Waals surface area (Å²) in [5, 5.41) is 0. The predicted octanol–water partition coefficient (Wildman–Crippen LogP) is 2.83. The zero-order chi connectivity index (χ0) is 13.4. The molecule has 1 aromatic carbocycles. The molecule has 0 aliphatic carbocycles. The summed E-state index contributed by atoms with van der Waals surface area (Å²) in [7, 11) is 1.62. The quantitative estimate of drug-likeness (QED) is 0.783. The van der Waals surface area contributed by atoms with Gasteiger partial charge in [-0.15, -0.1) is 0 Å². The SMILES string of the molecule is COc1cccc2c1nc(N)n2C(C)c1ccco1. The lowest BCUT2D eigenvalue weighted by Crippen LogP contribution is -2.09. The van der Waals surface area contributed by atoms with Crippen molar-refractivity contribution in [2.45, 2.75) is 13.0 Å². The monoisotopic (exact) mass is 257 g/mol. The Morgan fingerprint density at radius 1 is 1.32 bits per heavy atom. The number of para-hydroxylation sites is 1. The highest BCUT2D eigenvalue weighted by Crippen LogP contribution is 2.31. The second kappa shape index (κ2) is 4.35. The summed E-state index contributed by atoms with van der Waals surface area (Å²) < 4.78 is 12.7. The van der Waals surface area contributed by atoms with E-state index in [1.165, 1.54) is 0 Å². The number of imidazole rings is 1. The van der Waals surface area contributed by atoms with E-state index < -0.39 is 0 Å². The van der Waals surface area contributed by atoms with Gasteiger partial charge in [0, 0.05) is 0 Å². The molecular formula is C14H15N3O2. The lowest BCUT2D eigenvalue weighted by molar-refractivity contribution is 0.419. The van der Waals surface area contributed by atoms with Gasteiger partial charge in [0.1, 0.15) is 17.0 Å². The predicted molar refractivity (Wildman–Crippen MR) is 73.2 cm³/mol. The number of rotatable bonds is 3. The fourth-order valence-corrected chi connectivity index (χ4v) is 2.34. The van der Waals surface area contributed by atoms with Gasteiger partial charge in [0.25, 0.3) is 0 Å². The maximum Gasteiger partial charge on any atom is 0.202 e. The number of nitrogens with two attached hydrogens (primary N) is 1. The number of nitrogens with zero attached hydrogens (tertiary/aromatic N) is 2. The van der Waals surface area contributed by atoms with Gasteiger partial charge in [0.15, 0.2) is 0 Å². The van der Waals surface area contributed by atoms with Crippen LogP contribution in [0.1, 0.15) is 18.7 Å². The molecular weight excluding hydrogens is 242 g/mol. The summed E-state index contributed by atoms with van der Waals surface area (Å²) in [4.78, 5) is 4.39. The molecule has 1 unspecified atom stereocenters. The van der Waals surface area contributed by atoms with Crippen LogP contribution in [-0.4, -0.2) is 16.7 Å². The zero-order valence-electron chi connectivity index (χ0n) is 10.8. The van der Waals surface area contributed by atoms with Crippen molar-refractivity contribution >= 4 is 17.0 Å². The number of nitrogen functional groups attached to an aromatic ring is 1. The van der Waals surface area contributed by atoms with E-state index in [2.05, 4.69) is 4.98 Å². The summed E-state index contributed by atoms with van der Waals surface area (Å²) in [6.07, 6.45) is 1.65. The highest BCUT2D eigenvalue weighted by atomic mass is 16.5. The molecule has 2 aromatic heterocycles. The number of ether oxygens (including phenoxy) is 1. The smallest absolute Gasteiger partial charge is 0.202 e. The number of benzene rings is 1. The molecule has 0 aliphatic rings. The molecule has 98 valence electrons. The Hall–Kier alpha value is -2.43. The number of methoxy groups -OCH3 is 1. The number of anilines is 1. The number of fused-ring (bicyclic) bond motifs is 1. The van der Waals surface area contributed by atoms with Crippen LogP contribution in [0.5, 0.6) is 5.75 Å². The minimum absolute atomic E-state index is 0.0212. The van der Waals surface area contributed by atoms with Gasteiger partial charge >= 0.3 is 0 Å². The van der Waals surface area contributed by atoms with Crippen molar-refractivity contribution in [3.8, 4) is 5.75 Å². The van der Waals surface area contributed by atoms with Crippen LogP contribution < -0.4 is 10.5 Å². The van der Waals surface area contributed by atoms with Gasteiger partial charge in [0.2, 0.25) is 5.95 Å². The van der Waals surface area contributed by atoms with Gasteiger partial charge in [0.05, 0.1) is 24.9 Å². The van der Waals surface area contributed by atoms with E-state index in [0.29, 0.717) is 5.95 Å². The lowest BCUT2D eigenvalue weighted by Gasteiger charge is -2.13. The van der Waals surface area contributed by atoms with E-state index in [1.54, 1.807) is 13.4 Å². The van der Waals surface area contributed by atoms with E-state index in [1.807, 2.05) is 41.8 Å². The summed E-state index contributed by atoms with van der Waals surface area (Å²) in [6.45, 7) is 2.02. The summed E-state index contributed by atoms with van der Waals surface area (Å²) in [5.41, 5.74) is 7.73. The fourth-order valence-electron chi connectivity index (χ4n) is 2.34. The van der Waals surface area contributed by atoms with Crippen LogP contribution in [-0.2, 0) is 0 Å². The van der Waals surface area contributed by atoms with Crippen molar-refractivity contribution in [3.63, 3.8) is 0 Å². The number of aromatic nitrogens is 2. The molecule has 5 nitrogen and oxygen atoms in total. The molecule has 2 heterocycles. The molecule has 19 heavy (non-hydrogen) atoms. The molecule has 0 amide bonds. The van der Waals surface area contributed by atoms with Crippen LogP contribution in [0, 0.1) is 0 Å². The minimum Gasteiger partial charge on any atom is -0.494 e. The van der Waals surface area contributed by atoms with Crippen LogP contribution in [0.4, 0.5) is 5.95 Å². The maximum atomic E-state index is 6.04. The Bertz CT molecular complexity index is 701. The first-order chi connectivity index (χ1) is 9.22. The first-order valence-corrected chi connectivity index (χ1v) is 6.06. The Balaban J connectivity index is 2.21. The highest BCUT2D eigenvalue weighted by molar-refractivity contribution is 5.84. The van der Waals surface area contributed by atoms with Gasteiger partial charge in [-0.05, 0) is 31.2 Å². The van der Waals surface area contributed by atoms with Gasteiger partial charge < -0.3 is 14.9 Å². The summed E-state index contributed by atoms with van der Waals surface area (Å²) in [5.74, 6) is 2.01. The fraction of sp³-hybridized carbons (Fsp3) is 0.214. The van der Waals surface area contributed by atoms with Gasteiger partial charge in [-0.2, -0.15) is 0 Å². The van der Waals surface area contributed by atoms with E-state index in [-0.39, 0.29) is 6.04 Å². The minimum atomic E-state index is -0.0212. The summed E-state index contributed by atoms with van der Waals surface area (Å²) in [6, 6.07) is 9.54. The van der Waals surface area contributed by atoms with E-state index in [4.69, 9.17) is 14.9 Å². The first-order valence-electron chi connectivity index (χ1n) is 6.06. The largest absolute Gasteiger partial charge is 0.494 e. The molecule has 0 bridgehead atoms. The topological polar surface area (TPSA) is 66.2 Å². The maximum absolute atomic E-state index is 6.04. The number of hydrogen-bond donors (Lipinski definition) is 1. The number of furan rings is 1. The molecule has 0 saturated heterocycles. The molecule has 0 spiro atoms. The molecule has 0 radical (unpaired) electrons. The van der Waals surface area contributed by atoms with E-state index >= 15 is 0 Å². The number of hydrogen-bond acceptors (Lipinski definition) is 4. The third kappa shape index (κ3) is 1.74. The highest BCUT2D eigenvalue weighted by Gasteiger charge is 2.19. The Kier molecular flexibility index (Phi) is 2.67. The van der Waals surface area contributed by atoms with Crippen LogP contribution >= 0.6 is 0 Å². The van der Waals surface area contributed by atoms with E-state index in [9.17, 15) is 0 Å². The molecule has 2 N–H and O–H groups in total. The van der Waals surface area contributed by atoms with Crippen molar-refractivity contribution in [2.24, 2.45) is 0 Å². The Labute approximate surface area is 110 Å². The average Bonchev–Trinajstić information content (AvgIpc) is 3.04. The van der Waals surface area contributed by atoms with Gasteiger partial charge in [-0.3, -0.25) is 4.57 Å². The van der Waals surface area contributed by atoms with Crippen LogP contribution in [0.3, 0.4) is 0 Å². The van der Waals surface area contributed by atoms with Gasteiger partial charge in [-0.25, -0.2) is 4.98 Å². The molecule has 0 fully saturated rings. The lowest BCUT2D eigenvalue weighted by atomic mass is 10.2. The molecule has 3 aromatic rings. The average molecular weight is 257 g/mol. The van der Waals surface area contributed by atoms with Crippen molar-refractivity contribution in [3.05, 3.63) is 42.4 Å². The van der Waals surface area contributed by atoms with Gasteiger partial charge in [-0.1, -0.05) is 6.07 Å². The van der Waals surface area contributed by atoms with Crippen LogP contribution in [0.25, 0.3) is 11.0 Å². The molecule has 0 saturated carbocycles. The van der Waals surface area contributed by atoms with Crippen molar-refractivity contribution < 1.29 is 9.15 Å². The third-order valence-corrected chi connectivity index (χ3v) is 3.27. The summed E-state index contributed by atoms with van der Waals surface area (Å²) >= 11 is 0. The molecule has 3 rings (SSSR count). The standard InChI is InChI=1S/C14H15N3O2/c1-9(11-7-4-8-19-11)17-10-5-3-6-12(18-2)13(10)16-14(17)15/h3-9H,1-2H3,(H2,15,16). The van der Waals surface area contributed by atoms with E-state index in [0.717, 1.165) is 22.5 Å². The Morgan fingerprint density at radius 2 is 2.16 bits per heavy atom. The second-order valence-corrected chi connectivity index (χ2v) is 4.36. The zero-order valence-corrected chi connectivity index (χ0v) is 10.8. The van der Waals surface area contributed by atoms with Crippen molar-refractivity contribution in [1.82, 2.24) is 9.55 Å². The Morgan fingerprint density at radius 3 is 2.84 bits per heavy atom. The molecule has 5 heteroatoms. The van der Waals surface area contributed by atoms with Crippen LogP contribution in [0.15, 0.2) is 41.0 Å². The molecule has 1 atom stereocenters. The van der Waals surface area contributed by atoms with Crippen LogP contribution in [0.2, 0.25) is 0 Å². The molecule has 0 aliphatic heterocycles.